The highest BCUT2D eigenvalue weighted by Gasteiger charge is 2.35. The first-order valence-electron chi connectivity index (χ1n) is 7.31. The molecule has 3 rings (SSSR count). The molecule has 2 aromatic rings. The van der Waals surface area contributed by atoms with E-state index in [1.807, 2.05) is 0 Å². The minimum atomic E-state index is -4.76. The van der Waals surface area contributed by atoms with Crippen molar-refractivity contribution < 1.29 is 25.8 Å². The Labute approximate surface area is 162 Å². The normalized spacial score (nSPS) is 16.0. The first-order valence-corrected chi connectivity index (χ1v) is 11.2. The van der Waals surface area contributed by atoms with Gasteiger partial charge in [-0.15, -0.1) is 23.5 Å². The van der Waals surface area contributed by atoms with Crippen molar-refractivity contribution in [2.75, 3.05) is 11.5 Å². The van der Waals surface area contributed by atoms with Crippen molar-refractivity contribution in [1.82, 2.24) is 0 Å². The molecule has 0 saturated carbocycles. The fourth-order valence-electron chi connectivity index (χ4n) is 2.28. The van der Waals surface area contributed by atoms with Gasteiger partial charge in [0.25, 0.3) is 0 Å². The van der Waals surface area contributed by atoms with E-state index in [4.69, 9.17) is 15.8 Å². The molecule has 2 aromatic carbocycles. The molecule has 26 heavy (non-hydrogen) atoms. The van der Waals surface area contributed by atoms with Crippen LogP contribution in [0.15, 0.2) is 47.4 Å². The van der Waals surface area contributed by atoms with Crippen LogP contribution in [0.5, 0.6) is 5.75 Å². The van der Waals surface area contributed by atoms with Gasteiger partial charge in [0.05, 0.1) is 15.2 Å². The van der Waals surface area contributed by atoms with Crippen LogP contribution in [0, 0.1) is 0 Å². The van der Waals surface area contributed by atoms with Gasteiger partial charge in [0, 0.05) is 11.5 Å². The van der Waals surface area contributed by atoms with Gasteiger partial charge in [0.2, 0.25) is 0 Å². The van der Waals surface area contributed by atoms with E-state index >= 15 is 0 Å². The smallest absolute Gasteiger partial charge is 0.379 e. The van der Waals surface area contributed by atoms with Gasteiger partial charge >= 0.3 is 16.3 Å². The standard InChI is InChI=1S/C16H12ClF3O3S3/c17-14-6-5-12(9-13(14)16(18,19)20)26(21,22)23-11-3-1-10(2-4-11)15-24-7-8-25-15/h1-6,9,15H,7-8H2. The minimum Gasteiger partial charge on any atom is -0.379 e. The molecule has 1 heterocycles. The number of rotatable bonds is 4. The lowest BCUT2D eigenvalue weighted by Gasteiger charge is -2.13. The van der Waals surface area contributed by atoms with E-state index in [0.717, 1.165) is 29.2 Å². The second-order valence-electron chi connectivity index (χ2n) is 5.32. The van der Waals surface area contributed by atoms with Crippen molar-refractivity contribution in [3.05, 3.63) is 58.6 Å². The maximum atomic E-state index is 12.9. The molecule has 140 valence electrons. The summed E-state index contributed by atoms with van der Waals surface area (Å²) in [6.45, 7) is 0. The lowest BCUT2D eigenvalue weighted by atomic mass is 10.2. The second kappa shape index (κ2) is 7.53. The molecule has 0 radical (unpaired) electrons. The maximum Gasteiger partial charge on any atom is 0.417 e. The van der Waals surface area contributed by atoms with Crippen LogP contribution >= 0.6 is 35.1 Å². The van der Waals surface area contributed by atoms with E-state index in [-0.39, 0.29) is 5.75 Å². The van der Waals surface area contributed by atoms with Crippen molar-refractivity contribution in [3.8, 4) is 5.75 Å². The van der Waals surface area contributed by atoms with Gasteiger partial charge in [0.15, 0.2) is 0 Å². The summed E-state index contributed by atoms with van der Waals surface area (Å²) in [5.74, 6) is 2.14. The van der Waals surface area contributed by atoms with E-state index in [9.17, 15) is 21.6 Å². The Bertz CT molecular complexity index is 893. The molecule has 0 atom stereocenters. The van der Waals surface area contributed by atoms with Gasteiger partial charge in [0.1, 0.15) is 10.6 Å². The lowest BCUT2D eigenvalue weighted by molar-refractivity contribution is -0.137. The van der Waals surface area contributed by atoms with Crippen molar-refractivity contribution in [2.45, 2.75) is 15.7 Å². The molecule has 0 N–H and O–H groups in total. The molecule has 0 aliphatic carbocycles. The predicted octanol–water partition coefficient (Wildman–Crippen LogP) is 5.61. The highest BCUT2D eigenvalue weighted by molar-refractivity contribution is 8.19. The molecule has 1 aliphatic heterocycles. The van der Waals surface area contributed by atoms with Gasteiger partial charge in [-0.25, -0.2) is 0 Å². The third-order valence-electron chi connectivity index (χ3n) is 3.51. The fourth-order valence-corrected chi connectivity index (χ4v) is 6.32. The highest BCUT2D eigenvalue weighted by Crippen LogP contribution is 2.45. The Balaban J connectivity index is 1.83. The number of halogens is 4. The summed E-state index contributed by atoms with van der Waals surface area (Å²) in [4.78, 5) is -0.611. The Morgan fingerprint density at radius 2 is 1.65 bits per heavy atom. The lowest BCUT2D eigenvalue weighted by Crippen LogP contribution is -2.13. The predicted molar refractivity (Wildman–Crippen MR) is 98.4 cm³/mol. The van der Waals surface area contributed by atoms with Crippen LogP contribution in [0.2, 0.25) is 5.02 Å². The molecule has 0 aromatic heterocycles. The summed E-state index contributed by atoms with van der Waals surface area (Å²) in [6.07, 6.45) is -4.76. The monoisotopic (exact) mass is 440 g/mol. The Hall–Kier alpha value is -1.03. The number of hydrogen-bond donors (Lipinski definition) is 0. The van der Waals surface area contributed by atoms with Crippen LogP contribution in [-0.4, -0.2) is 19.9 Å². The topological polar surface area (TPSA) is 43.4 Å². The van der Waals surface area contributed by atoms with E-state index in [2.05, 4.69) is 0 Å². The van der Waals surface area contributed by atoms with Gasteiger partial charge in [-0.2, -0.15) is 21.6 Å². The number of hydrogen-bond acceptors (Lipinski definition) is 5. The van der Waals surface area contributed by atoms with Crippen LogP contribution < -0.4 is 4.18 Å². The molecule has 0 spiro atoms. The van der Waals surface area contributed by atoms with Gasteiger partial charge in [-0.05, 0) is 35.9 Å². The summed E-state index contributed by atoms with van der Waals surface area (Å²) in [6, 6.07) is 8.83. The van der Waals surface area contributed by atoms with Crippen LogP contribution in [-0.2, 0) is 16.3 Å². The van der Waals surface area contributed by atoms with Crippen molar-refractivity contribution >= 4 is 45.2 Å². The van der Waals surface area contributed by atoms with Crippen LogP contribution in [0.1, 0.15) is 15.7 Å². The number of alkyl halides is 3. The van der Waals surface area contributed by atoms with Crippen LogP contribution in [0.3, 0.4) is 0 Å². The average Bonchev–Trinajstić information content (AvgIpc) is 3.09. The Kier molecular flexibility index (Phi) is 5.72. The summed E-state index contributed by atoms with van der Waals surface area (Å²) >= 11 is 9.11. The first kappa shape index (κ1) is 19.7. The zero-order valence-electron chi connectivity index (χ0n) is 13.0. The summed E-state index contributed by atoms with van der Waals surface area (Å²) in [5.41, 5.74) is -0.192. The van der Waals surface area contributed by atoms with Gasteiger partial charge in [-0.1, -0.05) is 23.7 Å². The quantitative estimate of drug-likeness (QED) is 0.578. The highest BCUT2D eigenvalue weighted by atomic mass is 35.5. The molecule has 0 bridgehead atoms. The van der Waals surface area contributed by atoms with Crippen LogP contribution in [0.25, 0.3) is 0 Å². The zero-order valence-corrected chi connectivity index (χ0v) is 16.2. The first-order chi connectivity index (χ1) is 12.2. The SMILES string of the molecule is O=S(=O)(Oc1ccc(C2SCCS2)cc1)c1ccc(Cl)c(C(F)(F)F)c1. The molecule has 3 nitrogen and oxygen atoms in total. The van der Waals surface area contributed by atoms with E-state index in [0.29, 0.717) is 10.6 Å². The Morgan fingerprint density at radius 3 is 2.23 bits per heavy atom. The van der Waals surface area contributed by atoms with E-state index < -0.39 is 31.8 Å². The molecule has 10 heteroatoms. The molecule has 1 aliphatic rings. The number of benzene rings is 2. The van der Waals surface area contributed by atoms with Crippen LogP contribution in [0.4, 0.5) is 13.2 Å². The van der Waals surface area contributed by atoms with Crippen molar-refractivity contribution in [2.24, 2.45) is 0 Å². The minimum absolute atomic E-state index is 0.0326. The van der Waals surface area contributed by atoms with Crippen molar-refractivity contribution in [1.29, 1.82) is 0 Å². The molecular weight excluding hydrogens is 429 g/mol. The zero-order chi connectivity index (χ0) is 18.9. The maximum absolute atomic E-state index is 12.9. The molecule has 1 saturated heterocycles. The summed E-state index contributed by atoms with van der Waals surface area (Å²) in [5, 5.41) is -0.577. The third kappa shape index (κ3) is 4.44. The van der Waals surface area contributed by atoms with Gasteiger partial charge < -0.3 is 4.18 Å². The second-order valence-corrected chi connectivity index (χ2v) is 10.00. The van der Waals surface area contributed by atoms with E-state index in [1.165, 1.54) is 12.1 Å². The Morgan fingerprint density at radius 1 is 1.04 bits per heavy atom. The average molecular weight is 441 g/mol. The number of thioether (sulfide) groups is 2. The van der Waals surface area contributed by atoms with E-state index in [1.54, 1.807) is 35.7 Å². The molecule has 1 fully saturated rings. The molecule has 0 amide bonds. The summed E-state index contributed by atoms with van der Waals surface area (Å²) in [7, 11) is -4.41. The fraction of sp³-hybridized carbons (Fsp3) is 0.250. The van der Waals surface area contributed by atoms with Gasteiger partial charge in [-0.3, -0.25) is 0 Å². The third-order valence-corrected chi connectivity index (χ3v) is 8.19. The largest absolute Gasteiger partial charge is 0.417 e. The molecular formula is C16H12ClF3O3S3. The summed E-state index contributed by atoms with van der Waals surface area (Å²) < 4.78 is 68.6. The van der Waals surface area contributed by atoms with Crippen molar-refractivity contribution in [3.63, 3.8) is 0 Å². The molecule has 0 unspecified atom stereocenters.